The van der Waals surface area contributed by atoms with Gasteiger partial charge in [0, 0.05) is 6.04 Å². The zero-order valence-electron chi connectivity index (χ0n) is 12.2. The summed E-state index contributed by atoms with van der Waals surface area (Å²) in [6.07, 6.45) is 3.30. The number of nitrogens with zero attached hydrogens (tertiary/aromatic N) is 1. The van der Waals surface area contributed by atoms with Gasteiger partial charge < -0.3 is 0 Å². The molecule has 1 aliphatic rings. The van der Waals surface area contributed by atoms with Gasteiger partial charge in [0.1, 0.15) is 5.54 Å². The lowest BCUT2D eigenvalue weighted by atomic mass is 9.80. The highest BCUT2D eigenvalue weighted by Crippen LogP contribution is 2.41. The maximum atomic E-state index is 9.72. The van der Waals surface area contributed by atoms with Gasteiger partial charge in [-0.05, 0) is 37.2 Å². The van der Waals surface area contributed by atoms with E-state index in [0.717, 1.165) is 12.8 Å². The van der Waals surface area contributed by atoms with Gasteiger partial charge in [-0.2, -0.15) is 5.26 Å². The Kier molecular flexibility index (Phi) is 4.27. The molecule has 0 unspecified atom stereocenters. The van der Waals surface area contributed by atoms with E-state index in [0.29, 0.717) is 11.8 Å². The van der Waals surface area contributed by atoms with Crippen LogP contribution in [0.15, 0.2) is 30.3 Å². The summed E-state index contributed by atoms with van der Waals surface area (Å²) < 4.78 is 0. The summed E-state index contributed by atoms with van der Waals surface area (Å²) in [6.45, 7) is 6.62. The summed E-state index contributed by atoms with van der Waals surface area (Å²) >= 11 is 0. The van der Waals surface area contributed by atoms with Crippen molar-refractivity contribution in [2.24, 2.45) is 11.8 Å². The second-order valence-electron chi connectivity index (χ2n) is 6.10. The summed E-state index contributed by atoms with van der Waals surface area (Å²) in [5.74, 6) is 1.02. The third kappa shape index (κ3) is 2.82. The molecule has 1 N–H and O–H groups in total. The molecule has 1 aliphatic carbocycles. The third-order valence-corrected chi connectivity index (χ3v) is 4.50. The molecular formula is C17H24N2. The highest BCUT2D eigenvalue weighted by atomic mass is 15.0. The molecule has 1 fully saturated rings. The molecule has 2 heteroatoms. The van der Waals surface area contributed by atoms with Crippen LogP contribution in [0.4, 0.5) is 0 Å². The van der Waals surface area contributed by atoms with Crippen molar-refractivity contribution in [1.29, 1.82) is 5.26 Å². The number of nitrogens with one attached hydrogen (secondary N) is 1. The lowest BCUT2D eigenvalue weighted by molar-refractivity contribution is 0.233. The van der Waals surface area contributed by atoms with E-state index in [-0.39, 0.29) is 11.6 Å². The Balaban J connectivity index is 2.17. The fourth-order valence-corrected chi connectivity index (χ4v) is 3.50. The first-order valence-corrected chi connectivity index (χ1v) is 7.33. The van der Waals surface area contributed by atoms with Gasteiger partial charge in [-0.25, -0.2) is 0 Å². The van der Waals surface area contributed by atoms with Crippen molar-refractivity contribution in [3.8, 4) is 6.07 Å². The molecule has 3 atom stereocenters. The number of rotatable bonds is 4. The summed E-state index contributed by atoms with van der Waals surface area (Å²) in [6, 6.07) is 13.2. The minimum atomic E-state index is -0.344. The van der Waals surface area contributed by atoms with Gasteiger partial charge in [0.15, 0.2) is 0 Å². The summed E-state index contributed by atoms with van der Waals surface area (Å²) in [5, 5.41) is 13.3. The quantitative estimate of drug-likeness (QED) is 0.882. The van der Waals surface area contributed by atoms with Crippen LogP contribution in [0.2, 0.25) is 0 Å². The largest absolute Gasteiger partial charge is 0.293 e. The summed E-state index contributed by atoms with van der Waals surface area (Å²) in [5.41, 5.74) is 0.912. The SMILES string of the molecule is CC(C)[C@@H]1CCC[C@]1(C#N)N[C@H](C)c1ccccc1. The van der Waals surface area contributed by atoms with E-state index in [2.05, 4.69) is 56.4 Å². The van der Waals surface area contributed by atoms with Gasteiger partial charge in [0.2, 0.25) is 0 Å². The van der Waals surface area contributed by atoms with Crippen LogP contribution in [-0.4, -0.2) is 5.54 Å². The van der Waals surface area contributed by atoms with E-state index in [9.17, 15) is 5.26 Å². The maximum Gasteiger partial charge on any atom is 0.110 e. The van der Waals surface area contributed by atoms with Gasteiger partial charge in [0.25, 0.3) is 0 Å². The van der Waals surface area contributed by atoms with Gasteiger partial charge in [-0.1, -0.05) is 50.6 Å². The van der Waals surface area contributed by atoms with Crippen LogP contribution in [0.1, 0.15) is 51.6 Å². The molecule has 0 aliphatic heterocycles. The Bertz CT molecular complexity index is 446. The van der Waals surface area contributed by atoms with Crippen molar-refractivity contribution in [1.82, 2.24) is 5.32 Å². The number of hydrogen-bond acceptors (Lipinski definition) is 2. The van der Waals surface area contributed by atoms with Gasteiger partial charge >= 0.3 is 0 Å². The van der Waals surface area contributed by atoms with E-state index in [1.54, 1.807) is 0 Å². The van der Waals surface area contributed by atoms with E-state index in [1.807, 2.05) is 6.07 Å². The van der Waals surface area contributed by atoms with Crippen LogP contribution in [0.3, 0.4) is 0 Å². The molecule has 0 saturated heterocycles. The van der Waals surface area contributed by atoms with Gasteiger partial charge in [0.05, 0.1) is 6.07 Å². The minimum absolute atomic E-state index is 0.222. The van der Waals surface area contributed by atoms with Crippen molar-refractivity contribution in [3.63, 3.8) is 0 Å². The first-order chi connectivity index (χ1) is 9.09. The standard InChI is InChI=1S/C17H24N2/c1-13(2)16-10-7-11-17(16,12-18)19-14(3)15-8-5-4-6-9-15/h4-6,8-9,13-14,16,19H,7,10-11H2,1-3H3/t14-,16+,17-/m1/s1. The average molecular weight is 256 g/mol. The Morgan fingerprint density at radius 2 is 1.95 bits per heavy atom. The van der Waals surface area contributed by atoms with Crippen LogP contribution in [-0.2, 0) is 0 Å². The Hall–Kier alpha value is -1.33. The Morgan fingerprint density at radius 1 is 1.26 bits per heavy atom. The van der Waals surface area contributed by atoms with Crippen molar-refractivity contribution < 1.29 is 0 Å². The second kappa shape index (κ2) is 5.75. The van der Waals surface area contributed by atoms with E-state index in [1.165, 1.54) is 12.0 Å². The normalized spacial score (nSPS) is 28.3. The molecule has 0 aromatic heterocycles. The molecule has 1 aromatic carbocycles. The number of benzene rings is 1. The molecule has 19 heavy (non-hydrogen) atoms. The fourth-order valence-electron chi connectivity index (χ4n) is 3.50. The molecule has 2 nitrogen and oxygen atoms in total. The number of nitriles is 1. The molecule has 1 saturated carbocycles. The zero-order valence-corrected chi connectivity index (χ0v) is 12.2. The molecular weight excluding hydrogens is 232 g/mol. The van der Waals surface area contributed by atoms with E-state index >= 15 is 0 Å². The minimum Gasteiger partial charge on any atom is -0.293 e. The van der Waals surface area contributed by atoms with Crippen molar-refractivity contribution in [3.05, 3.63) is 35.9 Å². The van der Waals surface area contributed by atoms with Crippen LogP contribution in [0.25, 0.3) is 0 Å². The summed E-state index contributed by atoms with van der Waals surface area (Å²) in [4.78, 5) is 0. The lowest BCUT2D eigenvalue weighted by Crippen LogP contribution is -2.49. The monoisotopic (exact) mass is 256 g/mol. The smallest absolute Gasteiger partial charge is 0.110 e. The van der Waals surface area contributed by atoms with Gasteiger partial charge in [-0.3, -0.25) is 5.32 Å². The van der Waals surface area contributed by atoms with Crippen molar-refractivity contribution >= 4 is 0 Å². The fraction of sp³-hybridized carbons (Fsp3) is 0.588. The van der Waals surface area contributed by atoms with Crippen LogP contribution >= 0.6 is 0 Å². The van der Waals surface area contributed by atoms with Crippen molar-refractivity contribution in [2.75, 3.05) is 0 Å². The van der Waals surface area contributed by atoms with Crippen LogP contribution in [0, 0.1) is 23.2 Å². The summed E-state index contributed by atoms with van der Waals surface area (Å²) in [7, 11) is 0. The molecule has 1 aromatic rings. The van der Waals surface area contributed by atoms with Crippen molar-refractivity contribution in [2.45, 2.75) is 51.6 Å². The Labute approximate surface area is 116 Å². The van der Waals surface area contributed by atoms with E-state index in [4.69, 9.17) is 0 Å². The predicted molar refractivity (Wildman–Crippen MR) is 78.5 cm³/mol. The first kappa shape index (κ1) is 14.1. The Morgan fingerprint density at radius 3 is 2.53 bits per heavy atom. The van der Waals surface area contributed by atoms with E-state index < -0.39 is 0 Å². The topological polar surface area (TPSA) is 35.8 Å². The maximum absolute atomic E-state index is 9.72. The zero-order chi connectivity index (χ0) is 13.9. The van der Waals surface area contributed by atoms with Crippen LogP contribution in [0.5, 0.6) is 0 Å². The van der Waals surface area contributed by atoms with Crippen LogP contribution < -0.4 is 5.32 Å². The van der Waals surface area contributed by atoms with Gasteiger partial charge in [-0.15, -0.1) is 0 Å². The second-order valence-corrected chi connectivity index (χ2v) is 6.10. The molecule has 0 amide bonds. The highest BCUT2D eigenvalue weighted by molar-refractivity contribution is 5.22. The average Bonchev–Trinajstić information content (AvgIpc) is 2.84. The first-order valence-electron chi connectivity index (χ1n) is 7.33. The highest BCUT2D eigenvalue weighted by Gasteiger charge is 2.45. The molecule has 0 bridgehead atoms. The molecule has 0 spiro atoms. The molecule has 0 radical (unpaired) electrons. The molecule has 0 heterocycles. The predicted octanol–water partition coefficient (Wildman–Crippen LogP) is 4.06. The molecule has 2 rings (SSSR count). The lowest BCUT2D eigenvalue weighted by Gasteiger charge is -2.35. The third-order valence-electron chi connectivity index (χ3n) is 4.50. The molecule has 102 valence electrons. The number of hydrogen-bond donors (Lipinski definition) is 1.